The van der Waals surface area contributed by atoms with Gasteiger partial charge in [0.15, 0.2) is 0 Å². The number of rotatable bonds is 6. The summed E-state index contributed by atoms with van der Waals surface area (Å²) in [7, 11) is -3.42. The zero-order valence-electron chi connectivity index (χ0n) is 15.6. The van der Waals surface area contributed by atoms with Gasteiger partial charge in [-0.05, 0) is 0 Å². The molecule has 5 nitrogen and oxygen atoms in total. The fraction of sp³-hybridized carbons (Fsp3) is 0.250. The summed E-state index contributed by atoms with van der Waals surface area (Å²) in [5.74, 6) is -0.369. The zero-order valence-corrected chi connectivity index (χ0v) is 19.7. The predicted molar refractivity (Wildman–Crippen MR) is 124 cm³/mol. The summed E-state index contributed by atoms with van der Waals surface area (Å²) in [4.78, 5) is 24.1. The Morgan fingerprint density at radius 2 is 1.46 bits per heavy atom. The van der Waals surface area contributed by atoms with Crippen molar-refractivity contribution in [2.75, 3.05) is 29.0 Å². The van der Waals surface area contributed by atoms with Crippen molar-refractivity contribution in [3.05, 3.63) is 69.4 Å². The number of esters is 1. The van der Waals surface area contributed by atoms with E-state index >= 15 is 0 Å². The summed E-state index contributed by atoms with van der Waals surface area (Å²) in [5, 5.41) is 0.509. The van der Waals surface area contributed by atoms with E-state index in [1.54, 1.807) is 6.92 Å². The number of anilines is 2. The van der Waals surface area contributed by atoms with E-state index in [-0.39, 0.29) is 12.4 Å². The van der Waals surface area contributed by atoms with Crippen molar-refractivity contribution in [1.29, 1.82) is 0 Å². The Balaban J connectivity index is 2.00. The van der Waals surface area contributed by atoms with E-state index < -0.39 is 7.79 Å². The summed E-state index contributed by atoms with van der Waals surface area (Å²) in [6, 6.07) is 15.6. The van der Waals surface area contributed by atoms with E-state index in [1.165, 1.54) is 0 Å². The topological polar surface area (TPSA) is 53.0 Å². The Morgan fingerprint density at radius 1 is 1.04 bits per heavy atom. The first-order valence-electron chi connectivity index (χ1n) is 8.99. The molecule has 1 aliphatic heterocycles. The minimum atomic E-state index is -3.42. The first-order valence-corrected chi connectivity index (χ1v) is 12.4. The van der Waals surface area contributed by atoms with E-state index in [2.05, 4.69) is 38.4 Å². The van der Waals surface area contributed by atoms with Gasteiger partial charge in [0, 0.05) is 0 Å². The normalized spacial score (nSPS) is 16.7. The third-order valence-electron chi connectivity index (χ3n) is 4.71. The number of benzene rings is 2. The number of halogens is 2. The molecular weight excluding hydrogens is 507 g/mol. The van der Waals surface area contributed by atoms with E-state index in [9.17, 15) is 9.69 Å². The summed E-state index contributed by atoms with van der Waals surface area (Å²) in [6.45, 7) is 7.48. The minimum absolute atomic E-state index is 0.00335. The second-order valence-electron chi connectivity index (χ2n) is 6.48. The van der Waals surface area contributed by atoms with Crippen molar-refractivity contribution in [3.8, 4) is 0 Å². The van der Waals surface area contributed by atoms with Crippen LogP contribution >= 0.6 is 39.7 Å². The van der Waals surface area contributed by atoms with Gasteiger partial charge < -0.3 is 0 Å². The number of carbonyl (C=O) groups is 1. The zero-order chi connectivity index (χ0) is 20.3. The molecule has 1 aliphatic rings. The van der Waals surface area contributed by atoms with Crippen LogP contribution in [0.2, 0.25) is 0 Å². The molecule has 3 rings (SSSR count). The quantitative estimate of drug-likeness (QED) is 0.396. The molecule has 8 heteroatoms. The Bertz CT molecular complexity index is 805. The number of ether oxygens (including phenoxy) is 1. The molecule has 1 fully saturated rings. The van der Waals surface area contributed by atoms with Gasteiger partial charge in [-0.1, -0.05) is 0 Å². The number of carbonyl (C=O) groups excluding carboxylic acids is 1. The van der Waals surface area contributed by atoms with Gasteiger partial charge in [0.05, 0.1) is 0 Å². The Labute approximate surface area is 182 Å². The Hall–Kier alpha value is -1.40. The summed E-state index contributed by atoms with van der Waals surface area (Å²) in [5.41, 5.74) is 1.81. The molecule has 0 amide bonds. The molecule has 0 bridgehead atoms. The van der Waals surface area contributed by atoms with Gasteiger partial charge >= 0.3 is 183 Å². The molecule has 1 saturated heterocycles. The summed E-state index contributed by atoms with van der Waals surface area (Å²) in [6.07, 6.45) is -0.00335. The molecule has 2 aromatic rings. The van der Waals surface area contributed by atoms with Crippen molar-refractivity contribution < 1.29 is 14.4 Å². The Morgan fingerprint density at radius 3 is 1.86 bits per heavy atom. The number of hydrogen-bond donors (Lipinski definition) is 1. The molecule has 28 heavy (non-hydrogen) atoms. The van der Waals surface area contributed by atoms with E-state index in [0.29, 0.717) is 25.0 Å². The van der Waals surface area contributed by atoms with E-state index in [0.717, 1.165) is 20.3 Å². The van der Waals surface area contributed by atoms with Crippen molar-refractivity contribution >= 4 is 57.0 Å². The molecule has 0 saturated carbocycles. The molecule has 0 atom stereocenters. The predicted octanol–water partition coefficient (Wildman–Crippen LogP) is 5.49. The standard InChI is InChI=1S/C20H23Br2N2O3P/c1-3-27-20(25)14-15(2)28(26)23(18-8-4-16(21)5-9-18)12-13-24(28)19-10-6-17(22)7-11-19/h4-11,26,28H,2-3,12-14H2,1H3. The molecule has 2 aromatic carbocycles. The second kappa shape index (κ2) is 8.95. The SMILES string of the molecule is C=C(CC(=O)OCC)[PH]1(O)N(c2ccc(Br)cc2)CCN1c1ccc(Br)cc1. The van der Waals surface area contributed by atoms with Crippen LogP contribution in [0.15, 0.2) is 69.4 Å². The number of hydrogen-bond acceptors (Lipinski definition) is 5. The van der Waals surface area contributed by atoms with Crippen LogP contribution in [0.1, 0.15) is 13.3 Å². The third kappa shape index (κ3) is 4.28. The van der Waals surface area contributed by atoms with Crippen molar-refractivity contribution in [1.82, 2.24) is 0 Å². The van der Waals surface area contributed by atoms with Gasteiger partial charge in [0.1, 0.15) is 0 Å². The first kappa shape index (κ1) is 21.3. The van der Waals surface area contributed by atoms with Crippen molar-refractivity contribution in [3.63, 3.8) is 0 Å². The fourth-order valence-corrected chi connectivity index (χ4v) is 7.21. The van der Waals surface area contributed by atoms with Crippen LogP contribution in [-0.4, -0.2) is 30.6 Å². The number of nitrogens with zero attached hydrogens (tertiary/aromatic N) is 2. The van der Waals surface area contributed by atoms with Crippen LogP contribution < -0.4 is 9.34 Å². The second-order valence-corrected chi connectivity index (χ2v) is 11.4. The maximum absolute atomic E-state index is 12.1. The molecule has 1 heterocycles. The van der Waals surface area contributed by atoms with Crippen LogP contribution in [0.4, 0.5) is 11.4 Å². The monoisotopic (exact) mass is 528 g/mol. The molecule has 150 valence electrons. The van der Waals surface area contributed by atoms with Crippen molar-refractivity contribution in [2.45, 2.75) is 13.3 Å². The Kier molecular flexibility index (Phi) is 6.81. The van der Waals surface area contributed by atoms with E-state index in [1.807, 2.05) is 57.9 Å². The average molecular weight is 530 g/mol. The molecule has 0 aromatic heterocycles. The van der Waals surface area contributed by atoms with Gasteiger partial charge in [-0.15, -0.1) is 0 Å². The molecule has 0 spiro atoms. The van der Waals surface area contributed by atoms with E-state index in [4.69, 9.17) is 4.74 Å². The summed E-state index contributed by atoms with van der Waals surface area (Å²) >= 11 is 6.91. The van der Waals surface area contributed by atoms with Gasteiger partial charge in [-0.2, -0.15) is 0 Å². The molecular formula is C20H23Br2N2O3P. The van der Waals surface area contributed by atoms with Gasteiger partial charge in [-0.3, -0.25) is 0 Å². The first-order chi connectivity index (χ1) is 13.4. The molecule has 0 radical (unpaired) electrons. The van der Waals surface area contributed by atoms with Gasteiger partial charge in [0.25, 0.3) is 0 Å². The average Bonchev–Trinajstić information content (AvgIpc) is 3.02. The van der Waals surface area contributed by atoms with Crippen LogP contribution in [0.25, 0.3) is 0 Å². The third-order valence-corrected chi connectivity index (χ3v) is 9.37. The molecule has 0 unspecified atom stereocenters. The summed E-state index contributed by atoms with van der Waals surface area (Å²) < 4.78 is 11.0. The van der Waals surface area contributed by atoms with Crippen molar-refractivity contribution in [2.24, 2.45) is 0 Å². The van der Waals surface area contributed by atoms with Crippen LogP contribution in [-0.2, 0) is 9.53 Å². The maximum atomic E-state index is 12.1. The van der Waals surface area contributed by atoms with Crippen LogP contribution in [0.5, 0.6) is 0 Å². The molecule has 1 N–H and O–H groups in total. The van der Waals surface area contributed by atoms with Gasteiger partial charge in [-0.25, -0.2) is 0 Å². The van der Waals surface area contributed by atoms with Crippen LogP contribution in [0.3, 0.4) is 0 Å². The van der Waals surface area contributed by atoms with Gasteiger partial charge in [0.2, 0.25) is 0 Å². The fourth-order valence-electron chi connectivity index (χ4n) is 3.40. The molecule has 0 aliphatic carbocycles. The van der Waals surface area contributed by atoms with Crippen LogP contribution in [0, 0.1) is 0 Å².